The molecule has 0 radical (unpaired) electrons. The summed E-state index contributed by atoms with van der Waals surface area (Å²) in [6, 6.07) is 0. The van der Waals surface area contributed by atoms with Crippen LogP contribution >= 0.6 is 0 Å². The molecule has 4 heteroatoms. The van der Waals surface area contributed by atoms with E-state index >= 15 is 0 Å². The van der Waals surface area contributed by atoms with Gasteiger partial charge < -0.3 is 10.5 Å². The molecule has 0 aromatic rings. The first-order chi connectivity index (χ1) is 8.74. The average Bonchev–Trinajstić information content (AvgIpc) is 2.90. The van der Waals surface area contributed by atoms with Crippen molar-refractivity contribution in [2.75, 3.05) is 18.9 Å². The van der Waals surface area contributed by atoms with Gasteiger partial charge in [0.1, 0.15) is 0 Å². The van der Waals surface area contributed by atoms with Crippen LogP contribution in [0.4, 0.5) is 0 Å². The summed E-state index contributed by atoms with van der Waals surface area (Å²) in [4.78, 5) is 0. The third-order valence-electron chi connectivity index (χ3n) is 4.63. The van der Waals surface area contributed by atoms with E-state index < -0.39 is 10.8 Å². The van der Waals surface area contributed by atoms with Gasteiger partial charge >= 0.3 is 0 Å². The molecular formula is C14H27NO2S. The van der Waals surface area contributed by atoms with E-state index in [-0.39, 0.29) is 6.10 Å². The Morgan fingerprint density at radius 3 is 2.78 bits per heavy atom. The minimum Gasteiger partial charge on any atom is -0.377 e. The molecule has 1 aliphatic carbocycles. The molecule has 1 heterocycles. The van der Waals surface area contributed by atoms with E-state index in [1.54, 1.807) is 0 Å². The highest BCUT2D eigenvalue weighted by Crippen LogP contribution is 2.34. The van der Waals surface area contributed by atoms with Crippen molar-refractivity contribution in [3.8, 4) is 0 Å². The number of hydrogen-bond acceptors (Lipinski definition) is 3. The van der Waals surface area contributed by atoms with Gasteiger partial charge in [-0.2, -0.15) is 0 Å². The SMILES string of the molecule is CCC1CCC(CN)C(S(=O)CC2CCCO2)C1. The van der Waals surface area contributed by atoms with Crippen molar-refractivity contribution in [2.45, 2.75) is 56.8 Å². The number of hydrogen-bond donors (Lipinski definition) is 1. The van der Waals surface area contributed by atoms with Crippen molar-refractivity contribution < 1.29 is 8.95 Å². The van der Waals surface area contributed by atoms with E-state index in [4.69, 9.17) is 10.5 Å². The van der Waals surface area contributed by atoms with Gasteiger partial charge in [0.25, 0.3) is 0 Å². The lowest BCUT2D eigenvalue weighted by Crippen LogP contribution is -2.39. The standard InChI is InChI=1S/C14H27NO2S/c1-2-11-5-6-12(9-15)14(8-11)18(16)10-13-4-3-7-17-13/h11-14H,2-10,15H2,1H3. The zero-order valence-corrected chi connectivity index (χ0v) is 12.3. The second kappa shape index (κ2) is 7.01. The smallest absolute Gasteiger partial charge is 0.0691 e. The van der Waals surface area contributed by atoms with E-state index in [1.807, 2.05) is 0 Å². The summed E-state index contributed by atoms with van der Waals surface area (Å²) in [7, 11) is -0.754. The molecule has 0 amide bonds. The van der Waals surface area contributed by atoms with Crippen molar-refractivity contribution in [3.63, 3.8) is 0 Å². The fourth-order valence-corrected chi connectivity index (χ4v) is 5.36. The van der Waals surface area contributed by atoms with Crippen LogP contribution in [0.5, 0.6) is 0 Å². The Morgan fingerprint density at radius 2 is 2.17 bits per heavy atom. The van der Waals surface area contributed by atoms with Crippen LogP contribution in [0.25, 0.3) is 0 Å². The predicted molar refractivity (Wildman–Crippen MR) is 75.9 cm³/mol. The van der Waals surface area contributed by atoms with Crippen LogP contribution in [0.1, 0.15) is 45.4 Å². The van der Waals surface area contributed by atoms with Crippen LogP contribution in [0.15, 0.2) is 0 Å². The zero-order valence-electron chi connectivity index (χ0n) is 11.5. The lowest BCUT2D eigenvalue weighted by atomic mass is 9.80. The van der Waals surface area contributed by atoms with E-state index in [9.17, 15) is 4.21 Å². The molecule has 5 atom stereocenters. The van der Waals surface area contributed by atoms with Gasteiger partial charge in [-0.25, -0.2) is 0 Å². The van der Waals surface area contributed by atoms with Crippen molar-refractivity contribution >= 4 is 10.8 Å². The maximum absolute atomic E-state index is 12.6. The largest absolute Gasteiger partial charge is 0.377 e. The molecule has 1 saturated carbocycles. The second-order valence-electron chi connectivity index (χ2n) is 5.80. The van der Waals surface area contributed by atoms with Crippen LogP contribution in [-0.2, 0) is 15.5 Å². The lowest BCUT2D eigenvalue weighted by Gasteiger charge is -2.35. The molecule has 5 unspecified atom stereocenters. The van der Waals surface area contributed by atoms with Crippen LogP contribution in [0.2, 0.25) is 0 Å². The van der Waals surface area contributed by atoms with E-state index in [0.29, 0.717) is 17.7 Å². The molecule has 2 fully saturated rings. The fourth-order valence-electron chi connectivity index (χ4n) is 3.32. The molecule has 0 bridgehead atoms. The Labute approximate surface area is 113 Å². The molecule has 0 spiro atoms. The van der Waals surface area contributed by atoms with Gasteiger partial charge in [-0.3, -0.25) is 4.21 Å². The lowest BCUT2D eigenvalue weighted by molar-refractivity contribution is 0.127. The second-order valence-corrected chi connectivity index (χ2v) is 7.50. The van der Waals surface area contributed by atoms with Crippen molar-refractivity contribution in [2.24, 2.45) is 17.6 Å². The highest BCUT2D eigenvalue weighted by molar-refractivity contribution is 7.85. The maximum Gasteiger partial charge on any atom is 0.0691 e. The van der Waals surface area contributed by atoms with Crippen LogP contribution in [0.3, 0.4) is 0 Å². The topological polar surface area (TPSA) is 52.3 Å². The Kier molecular flexibility index (Phi) is 5.64. The third-order valence-corrected chi connectivity index (χ3v) is 6.58. The summed E-state index contributed by atoms with van der Waals surface area (Å²) in [5.41, 5.74) is 5.86. The van der Waals surface area contributed by atoms with Gasteiger partial charge in [0, 0.05) is 22.7 Å². The van der Waals surface area contributed by atoms with Crippen LogP contribution in [-0.4, -0.2) is 34.5 Å². The third kappa shape index (κ3) is 3.55. The normalized spacial score (nSPS) is 38.8. The summed E-state index contributed by atoms with van der Waals surface area (Å²) >= 11 is 0. The van der Waals surface area contributed by atoms with Crippen LogP contribution < -0.4 is 5.73 Å². The van der Waals surface area contributed by atoms with Gasteiger partial charge in [-0.15, -0.1) is 0 Å². The molecule has 18 heavy (non-hydrogen) atoms. The molecule has 1 saturated heterocycles. The summed E-state index contributed by atoms with van der Waals surface area (Å²) in [5.74, 6) is 1.96. The van der Waals surface area contributed by atoms with Gasteiger partial charge in [-0.1, -0.05) is 19.8 Å². The minimum atomic E-state index is -0.754. The molecule has 0 aromatic carbocycles. The van der Waals surface area contributed by atoms with Crippen molar-refractivity contribution in [1.29, 1.82) is 0 Å². The number of nitrogens with two attached hydrogens (primary N) is 1. The Morgan fingerprint density at radius 1 is 1.33 bits per heavy atom. The number of rotatable bonds is 5. The first kappa shape index (κ1) is 14.5. The Bertz CT molecular complexity index is 279. The van der Waals surface area contributed by atoms with E-state index in [1.165, 1.54) is 12.8 Å². The molecule has 2 rings (SSSR count). The fraction of sp³-hybridized carbons (Fsp3) is 1.00. The zero-order chi connectivity index (χ0) is 13.0. The molecular weight excluding hydrogens is 246 g/mol. The highest BCUT2D eigenvalue weighted by Gasteiger charge is 2.34. The molecule has 2 aliphatic rings. The molecule has 106 valence electrons. The Balaban J connectivity index is 1.91. The first-order valence-corrected chi connectivity index (χ1v) is 8.81. The molecule has 1 aliphatic heterocycles. The van der Waals surface area contributed by atoms with E-state index in [0.717, 1.165) is 44.0 Å². The molecule has 3 nitrogen and oxygen atoms in total. The summed E-state index contributed by atoms with van der Waals surface area (Å²) in [6.07, 6.45) is 7.21. The summed E-state index contributed by atoms with van der Waals surface area (Å²) in [6.45, 7) is 3.79. The van der Waals surface area contributed by atoms with Crippen molar-refractivity contribution in [3.05, 3.63) is 0 Å². The summed E-state index contributed by atoms with van der Waals surface area (Å²) < 4.78 is 18.2. The number of ether oxygens (including phenoxy) is 1. The van der Waals surface area contributed by atoms with Gasteiger partial charge in [-0.05, 0) is 44.1 Å². The first-order valence-electron chi connectivity index (χ1n) is 7.43. The van der Waals surface area contributed by atoms with Gasteiger partial charge in [0.2, 0.25) is 0 Å². The van der Waals surface area contributed by atoms with E-state index in [2.05, 4.69) is 6.92 Å². The van der Waals surface area contributed by atoms with Crippen molar-refractivity contribution in [1.82, 2.24) is 0 Å². The quantitative estimate of drug-likeness (QED) is 0.834. The average molecular weight is 273 g/mol. The van der Waals surface area contributed by atoms with Gasteiger partial charge in [0.15, 0.2) is 0 Å². The van der Waals surface area contributed by atoms with Crippen LogP contribution in [0, 0.1) is 11.8 Å². The predicted octanol–water partition coefficient (Wildman–Crippen LogP) is 2.07. The van der Waals surface area contributed by atoms with Gasteiger partial charge in [0.05, 0.1) is 11.9 Å². The monoisotopic (exact) mass is 273 g/mol. The minimum absolute atomic E-state index is 0.242. The molecule has 2 N–H and O–H groups in total. The highest BCUT2D eigenvalue weighted by atomic mass is 32.2. The maximum atomic E-state index is 12.6. The Hall–Kier alpha value is 0.0700. The summed E-state index contributed by atoms with van der Waals surface area (Å²) in [5, 5.41) is 0.317. The molecule has 0 aromatic heterocycles.